The Morgan fingerprint density at radius 3 is 2.59 bits per heavy atom. The number of carboxylic acid groups (broad SMARTS) is 1. The van der Waals surface area contributed by atoms with E-state index in [0.717, 1.165) is 25.7 Å². The van der Waals surface area contributed by atoms with Crippen molar-refractivity contribution < 1.29 is 9.90 Å². The molecule has 0 amide bonds. The monoisotopic (exact) mass is 366 g/mol. The van der Waals surface area contributed by atoms with Crippen LogP contribution in [0.2, 0.25) is 0 Å². The van der Waals surface area contributed by atoms with Crippen LogP contribution < -0.4 is 21.5 Å². The second-order valence-electron chi connectivity index (χ2n) is 6.74. The highest BCUT2D eigenvalue weighted by Gasteiger charge is 2.20. The number of carboxylic acids is 1. The van der Waals surface area contributed by atoms with Gasteiger partial charge < -0.3 is 31.3 Å². The number of benzene rings is 1. The molecule has 2 aromatic heterocycles. The Hall–Kier alpha value is -3.20. The molecule has 2 heterocycles. The molecule has 140 valence electrons. The van der Waals surface area contributed by atoms with Crippen molar-refractivity contribution in [3.05, 3.63) is 36.2 Å². The van der Waals surface area contributed by atoms with Crippen molar-refractivity contribution in [2.45, 2.75) is 37.8 Å². The Labute approximate surface area is 155 Å². The highest BCUT2D eigenvalue weighted by Crippen LogP contribution is 2.25. The van der Waals surface area contributed by atoms with E-state index in [2.05, 4.69) is 30.6 Å². The molecule has 9 nitrogen and oxygen atoms in total. The predicted octanol–water partition coefficient (Wildman–Crippen LogP) is 1.14. The molecule has 9 heteroatoms. The quantitative estimate of drug-likeness (QED) is 0.526. The molecule has 0 unspecified atom stereocenters. The van der Waals surface area contributed by atoms with Crippen LogP contribution in [0.25, 0.3) is 11.2 Å². The van der Waals surface area contributed by atoms with E-state index in [1.165, 1.54) is 12.1 Å². The van der Waals surface area contributed by atoms with Crippen molar-refractivity contribution >= 4 is 34.6 Å². The molecular formula is C18H20N7O2-. The number of imidazole rings is 1. The molecule has 0 bridgehead atoms. The summed E-state index contributed by atoms with van der Waals surface area (Å²) in [5.74, 6) is -0.143. The van der Waals surface area contributed by atoms with Crippen molar-refractivity contribution in [3.8, 4) is 0 Å². The maximum Gasteiger partial charge on any atom is 0.227 e. The Morgan fingerprint density at radius 2 is 1.89 bits per heavy atom. The molecule has 4 rings (SSSR count). The van der Waals surface area contributed by atoms with Gasteiger partial charge in [0.2, 0.25) is 5.95 Å². The van der Waals surface area contributed by atoms with E-state index >= 15 is 0 Å². The third-order valence-electron chi connectivity index (χ3n) is 4.77. The number of carbonyl (C=O) groups is 1. The van der Waals surface area contributed by atoms with Crippen LogP contribution in [0, 0.1) is 0 Å². The van der Waals surface area contributed by atoms with Gasteiger partial charge in [0.1, 0.15) is 5.52 Å². The van der Waals surface area contributed by atoms with Gasteiger partial charge in [-0.05, 0) is 43.4 Å². The van der Waals surface area contributed by atoms with Crippen molar-refractivity contribution in [1.29, 1.82) is 0 Å². The lowest BCUT2D eigenvalue weighted by atomic mass is 9.92. The van der Waals surface area contributed by atoms with Crippen LogP contribution in [0.15, 0.2) is 30.6 Å². The number of nitrogens with zero attached hydrogens (tertiary/aromatic N) is 3. The standard InChI is InChI=1S/C18H21N7O2/c19-11-3-7-13(8-4-11)23-18-24-15-14(20-9-21-15)16(25-18)22-12-5-1-10(2-6-12)17(26)27/h1-2,5-6,9,11,13H,3-4,7-8,19H2,(H,26,27)(H3,20,21,22,23,24,25)/p-1. The van der Waals surface area contributed by atoms with E-state index in [1.807, 2.05) is 0 Å². The van der Waals surface area contributed by atoms with Crippen LogP contribution in [0.1, 0.15) is 36.0 Å². The molecule has 1 aliphatic rings. The molecule has 0 spiro atoms. The number of aromatic carboxylic acids is 1. The highest BCUT2D eigenvalue weighted by molar-refractivity contribution is 5.88. The number of hydrogen-bond donors (Lipinski definition) is 4. The van der Waals surface area contributed by atoms with Crippen molar-refractivity contribution in [2.75, 3.05) is 10.6 Å². The third-order valence-corrected chi connectivity index (χ3v) is 4.77. The SMILES string of the molecule is NC1CCC(Nc2nc(Nc3ccc(C(=O)[O-])cc3)c3[nH]cnc3n2)CC1. The lowest BCUT2D eigenvalue weighted by Gasteiger charge is -2.26. The first kappa shape index (κ1) is 17.2. The number of aromatic amines is 1. The van der Waals surface area contributed by atoms with Crippen molar-refractivity contribution in [2.24, 2.45) is 5.73 Å². The molecule has 1 aromatic carbocycles. The van der Waals surface area contributed by atoms with Gasteiger partial charge in [-0.25, -0.2) is 4.98 Å². The normalized spacial score (nSPS) is 19.7. The first-order valence-corrected chi connectivity index (χ1v) is 8.90. The first-order chi connectivity index (χ1) is 13.1. The van der Waals surface area contributed by atoms with Gasteiger partial charge >= 0.3 is 0 Å². The number of anilines is 3. The van der Waals surface area contributed by atoms with Gasteiger partial charge in [0, 0.05) is 17.8 Å². The minimum absolute atomic E-state index is 0.118. The minimum Gasteiger partial charge on any atom is -0.545 e. The molecule has 0 saturated heterocycles. The average Bonchev–Trinajstić information content (AvgIpc) is 3.13. The molecule has 0 aliphatic heterocycles. The smallest absolute Gasteiger partial charge is 0.227 e. The summed E-state index contributed by atoms with van der Waals surface area (Å²) in [6, 6.07) is 6.84. The largest absolute Gasteiger partial charge is 0.545 e. The summed E-state index contributed by atoms with van der Waals surface area (Å²) in [7, 11) is 0. The van der Waals surface area contributed by atoms with Crippen LogP contribution >= 0.6 is 0 Å². The van der Waals surface area contributed by atoms with Gasteiger partial charge in [-0.15, -0.1) is 0 Å². The zero-order valence-electron chi connectivity index (χ0n) is 14.6. The molecule has 1 saturated carbocycles. The predicted molar refractivity (Wildman–Crippen MR) is 99.6 cm³/mol. The van der Waals surface area contributed by atoms with E-state index in [1.54, 1.807) is 18.5 Å². The number of rotatable bonds is 5. The summed E-state index contributed by atoms with van der Waals surface area (Å²) in [4.78, 5) is 27.2. The number of hydrogen-bond acceptors (Lipinski definition) is 8. The summed E-state index contributed by atoms with van der Waals surface area (Å²) < 4.78 is 0. The van der Waals surface area contributed by atoms with E-state index in [4.69, 9.17) is 5.73 Å². The zero-order valence-corrected chi connectivity index (χ0v) is 14.6. The molecule has 0 atom stereocenters. The highest BCUT2D eigenvalue weighted by atomic mass is 16.4. The molecule has 5 N–H and O–H groups in total. The van der Waals surface area contributed by atoms with Crippen LogP contribution in [0.3, 0.4) is 0 Å². The molecular weight excluding hydrogens is 346 g/mol. The fourth-order valence-electron chi connectivity index (χ4n) is 3.26. The van der Waals surface area contributed by atoms with Gasteiger partial charge in [0.15, 0.2) is 11.5 Å². The Morgan fingerprint density at radius 1 is 1.15 bits per heavy atom. The minimum atomic E-state index is -1.21. The van der Waals surface area contributed by atoms with Crippen LogP contribution in [-0.4, -0.2) is 38.0 Å². The number of nitrogens with one attached hydrogen (secondary N) is 3. The van der Waals surface area contributed by atoms with E-state index in [-0.39, 0.29) is 17.6 Å². The molecule has 1 fully saturated rings. The lowest BCUT2D eigenvalue weighted by molar-refractivity contribution is -0.255. The number of H-pyrrole nitrogens is 1. The number of nitrogens with two attached hydrogens (primary N) is 1. The first-order valence-electron chi connectivity index (χ1n) is 8.90. The van der Waals surface area contributed by atoms with Crippen LogP contribution in [0.5, 0.6) is 0 Å². The summed E-state index contributed by atoms with van der Waals surface area (Å²) in [6.07, 6.45) is 5.50. The van der Waals surface area contributed by atoms with Gasteiger partial charge in [-0.3, -0.25) is 0 Å². The average molecular weight is 366 g/mol. The maximum atomic E-state index is 10.9. The fraction of sp³-hybridized carbons (Fsp3) is 0.333. The van der Waals surface area contributed by atoms with Gasteiger partial charge in [-0.2, -0.15) is 9.97 Å². The molecule has 3 aromatic rings. The van der Waals surface area contributed by atoms with E-state index in [9.17, 15) is 9.90 Å². The number of aromatic nitrogens is 4. The topological polar surface area (TPSA) is 145 Å². The van der Waals surface area contributed by atoms with Crippen molar-refractivity contribution in [1.82, 2.24) is 19.9 Å². The van der Waals surface area contributed by atoms with Gasteiger partial charge in [0.05, 0.1) is 12.3 Å². The Bertz CT molecular complexity index is 946. The molecule has 1 aliphatic carbocycles. The van der Waals surface area contributed by atoms with Gasteiger partial charge in [-0.1, -0.05) is 12.1 Å². The van der Waals surface area contributed by atoms with Crippen LogP contribution in [-0.2, 0) is 0 Å². The van der Waals surface area contributed by atoms with Crippen LogP contribution in [0.4, 0.5) is 17.5 Å². The fourth-order valence-corrected chi connectivity index (χ4v) is 3.26. The van der Waals surface area contributed by atoms with Crippen molar-refractivity contribution in [3.63, 3.8) is 0 Å². The lowest BCUT2D eigenvalue weighted by Crippen LogP contribution is -2.33. The molecule has 27 heavy (non-hydrogen) atoms. The zero-order chi connectivity index (χ0) is 18.8. The Kier molecular flexibility index (Phi) is 4.59. The Balaban J connectivity index is 1.57. The maximum absolute atomic E-state index is 10.9. The third kappa shape index (κ3) is 3.82. The second-order valence-corrected chi connectivity index (χ2v) is 6.74. The summed E-state index contributed by atoms with van der Waals surface area (Å²) >= 11 is 0. The summed E-state index contributed by atoms with van der Waals surface area (Å²) in [6.45, 7) is 0. The van der Waals surface area contributed by atoms with E-state index in [0.29, 0.717) is 28.6 Å². The van der Waals surface area contributed by atoms with E-state index < -0.39 is 5.97 Å². The summed E-state index contributed by atoms with van der Waals surface area (Å²) in [5.41, 5.74) is 8.01. The van der Waals surface area contributed by atoms with Gasteiger partial charge in [0.25, 0.3) is 0 Å². The second kappa shape index (κ2) is 7.20. The number of carbonyl (C=O) groups excluding carboxylic acids is 1. The number of fused-ring (bicyclic) bond motifs is 1. The molecule has 0 radical (unpaired) electrons. The summed E-state index contributed by atoms with van der Waals surface area (Å²) in [5, 5.41) is 17.4.